The number of benzene rings is 5. The van der Waals surface area contributed by atoms with Crippen LogP contribution in [0.25, 0.3) is 0 Å². The summed E-state index contributed by atoms with van der Waals surface area (Å²) in [5, 5.41) is 9.68. The number of nitrogens with zero attached hydrogens (tertiary/aromatic N) is 4. The number of allylic oxidation sites excluding steroid dienone is 2. The van der Waals surface area contributed by atoms with Crippen molar-refractivity contribution in [1.29, 1.82) is 0 Å². The Morgan fingerprint density at radius 3 is 2.26 bits per heavy atom. The summed E-state index contributed by atoms with van der Waals surface area (Å²) in [6, 6.07) is 34.4. The van der Waals surface area contributed by atoms with Gasteiger partial charge in [0, 0.05) is 45.4 Å². The van der Waals surface area contributed by atoms with Crippen LogP contribution in [0.15, 0.2) is 133 Å². The molecule has 3 amide bonds. The zero-order valence-electron chi connectivity index (χ0n) is 41.2. The van der Waals surface area contributed by atoms with Gasteiger partial charge >= 0.3 is 12.1 Å². The van der Waals surface area contributed by atoms with E-state index in [0.29, 0.717) is 66.7 Å². The summed E-state index contributed by atoms with van der Waals surface area (Å²) in [6.45, 7) is 2.13. The maximum absolute atomic E-state index is 16.7. The van der Waals surface area contributed by atoms with Gasteiger partial charge in [-0.05, 0) is 102 Å². The molecule has 3 fully saturated rings. The minimum atomic E-state index is -1.98. The molecule has 0 unspecified atom stereocenters. The summed E-state index contributed by atoms with van der Waals surface area (Å²) in [5.74, 6) is 5.35. The zero-order chi connectivity index (χ0) is 50.8. The zero-order valence-corrected chi connectivity index (χ0v) is 41.2. The summed E-state index contributed by atoms with van der Waals surface area (Å²) in [4.78, 5) is 70.5. The number of morpholine rings is 1. The minimum Gasteiger partial charge on any atom is -0.491 e. The SMILES string of the molecule is COCCOC(=O)N1C(=O)[C@@]2(c3cc(C#CC4=CCCCC4)ccc31)[C@H](c1ccc(OCCO)cc1)N1[C@H](c3ccccc3)[C@H](c3ccccc3)OC(=O)[C@H]1[C@@H]2C(=O)N1CCN(Cc2ccc3c(c2)OCO3)CC1. The van der Waals surface area contributed by atoms with Crippen molar-refractivity contribution in [3.05, 3.63) is 166 Å². The Labute approximate surface area is 430 Å². The molecule has 11 rings (SSSR count). The quantitative estimate of drug-likeness (QED) is 0.0749. The normalized spacial score (nSPS) is 24.1. The Bertz CT molecular complexity index is 3000. The number of fused-ring (bicyclic) bond motifs is 4. The molecule has 1 spiro atoms. The van der Waals surface area contributed by atoms with E-state index in [0.717, 1.165) is 52.8 Å². The van der Waals surface area contributed by atoms with E-state index in [1.54, 1.807) is 29.2 Å². The van der Waals surface area contributed by atoms with Gasteiger partial charge in [0.15, 0.2) is 11.5 Å². The highest BCUT2D eigenvalue weighted by Crippen LogP contribution is 2.66. The van der Waals surface area contributed by atoms with Crippen LogP contribution in [0.5, 0.6) is 17.2 Å². The van der Waals surface area contributed by atoms with Crippen molar-refractivity contribution in [2.45, 2.75) is 61.9 Å². The molecule has 5 aliphatic heterocycles. The van der Waals surface area contributed by atoms with Crippen molar-refractivity contribution in [3.8, 4) is 29.1 Å². The van der Waals surface area contributed by atoms with Gasteiger partial charge in [0.05, 0.1) is 36.9 Å². The lowest BCUT2D eigenvalue weighted by Gasteiger charge is -2.46. The standard InChI is InChI=1S/C59H58N4O11/c1-69-33-34-71-58(68)62-47-25-19-40(18-17-39-11-5-2-6-12-39)35-46(47)59(57(62)67)50(55(65)61-29-27-60(28-30-61)37-41-20-26-48-49(36-41)73-38-72-48)52-56(66)74-53(43-15-9-4-10-16-43)51(42-13-7-3-8-14-42)63(52)54(59)44-21-23-45(24-22-44)70-32-31-64/h3-4,7-11,13-16,19-26,35-36,50-54,64H,2,5-6,12,27-34,37-38H2,1H3/t50-,51-,52-,53+,54+,59-/m1/s1. The van der Waals surface area contributed by atoms with E-state index in [9.17, 15) is 9.90 Å². The van der Waals surface area contributed by atoms with E-state index in [2.05, 4.69) is 22.8 Å². The molecular formula is C59H58N4O11. The van der Waals surface area contributed by atoms with Crippen LogP contribution in [0, 0.1) is 17.8 Å². The number of imide groups is 1. The van der Waals surface area contributed by atoms with Gasteiger partial charge in [-0.3, -0.25) is 24.2 Å². The third-order valence-corrected chi connectivity index (χ3v) is 15.2. The molecule has 1 N–H and O–H groups in total. The van der Waals surface area contributed by atoms with Crippen LogP contribution in [-0.4, -0.2) is 116 Å². The topological polar surface area (TPSA) is 157 Å². The van der Waals surface area contributed by atoms with Crippen LogP contribution >= 0.6 is 0 Å². The number of aliphatic hydroxyl groups excluding tert-OH is 1. The van der Waals surface area contributed by atoms with Crippen LogP contribution in [0.4, 0.5) is 10.5 Å². The van der Waals surface area contributed by atoms with E-state index in [1.165, 1.54) is 7.11 Å². The molecule has 15 heteroatoms. The Hall–Kier alpha value is -7.48. The first-order valence-electron chi connectivity index (χ1n) is 25.5. The second-order valence-electron chi connectivity index (χ2n) is 19.4. The smallest absolute Gasteiger partial charge is 0.421 e. The van der Waals surface area contributed by atoms with Crippen molar-refractivity contribution in [2.75, 3.05) is 71.4 Å². The maximum atomic E-state index is 16.7. The number of ether oxygens (including phenoxy) is 6. The van der Waals surface area contributed by atoms with Gasteiger partial charge in [0.25, 0.3) is 0 Å². The molecule has 1 aliphatic carbocycles. The fourth-order valence-corrected chi connectivity index (χ4v) is 11.9. The molecule has 0 aromatic heterocycles. The predicted molar refractivity (Wildman–Crippen MR) is 272 cm³/mol. The first-order chi connectivity index (χ1) is 36.3. The molecule has 6 atom stereocenters. The molecule has 5 aromatic carbocycles. The van der Waals surface area contributed by atoms with Crippen molar-refractivity contribution < 1.29 is 52.7 Å². The highest BCUT2D eigenvalue weighted by Gasteiger charge is 2.76. The number of carbonyl (C=O) groups is 4. The summed E-state index contributed by atoms with van der Waals surface area (Å²) in [7, 11) is 1.49. The molecule has 0 saturated carbocycles. The molecule has 15 nitrogen and oxygen atoms in total. The fourth-order valence-electron chi connectivity index (χ4n) is 11.9. The second kappa shape index (κ2) is 21.2. The summed E-state index contributed by atoms with van der Waals surface area (Å²) in [5.41, 5.74) is 3.33. The summed E-state index contributed by atoms with van der Waals surface area (Å²) in [6.07, 6.45) is 4.24. The molecule has 3 saturated heterocycles. The lowest BCUT2D eigenvalue weighted by Crippen LogP contribution is -2.59. The number of hydrogen-bond acceptors (Lipinski definition) is 13. The van der Waals surface area contributed by atoms with Crippen LogP contribution in [0.3, 0.4) is 0 Å². The Balaban J connectivity index is 1.11. The first-order valence-corrected chi connectivity index (χ1v) is 25.5. The molecule has 0 radical (unpaired) electrons. The average molecular weight is 999 g/mol. The number of rotatable bonds is 12. The first kappa shape index (κ1) is 48.8. The molecule has 5 aromatic rings. The van der Waals surface area contributed by atoms with Gasteiger partial charge in [-0.2, -0.15) is 0 Å². The molecule has 0 bridgehead atoms. The number of amides is 3. The van der Waals surface area contributed by atoms with Crippen molar-refractivity contribution in [3.63, 3.8) is 0 Å². The number of cyclic esters (lactones) is 1. The van der Waals surface area contributed by atoms with E-state index in [4.69, 9.17) is 28.4 Å². The van der Waals surface area contributed by atoms with E-state index in [-0.39, 0.29) is 38.9 Å². The summed E-state index contributed by atoms with van der Waals surface area (Å²) >= 11 is 0. The minimum absolute atomic E-state index is 0.0504. The van der Waals surface area contributed by atoms with Crippen LogP contribution in [0.1, 0.15) is 77.3 Å². The lowest BCUT2D eigenvalue weighted by atomic mass is 9.64. The van der Waals surface area contributed by atoms with Crippen LogP contribution < -0.4 is 19.1 Å². The van der Waals surface area contributed by atoms with E-state index < -0.39 is 59.4 Å². The number of aliphatic hydroxyl groups is 1. The number of methoxy groups -OCH3 is 1. The Morgan fingerprint density at radius 1 is 0.770 bits per heavy atom. The number of piperazine rings is 1. The van der Waals surface area contributed by atoms with Crippen LogP contribution in [0.2, 0.25) is 0 Å². The summed E-state index contributed by atoms with van der Waals surface area (Å²) < 4.78 is 34.8. The van der Waals surface area contributed by atoms with Gasteiger partial charge in [-0.1, -0.05) is 96.8 Å². The average Bonchev–Trinajstić information content (AvgIpc) is 4.17. The number of anilines is 1. The third-order valence-electron chi connectivity index (χ3n) is 15.2. The fraction of sp³-hybridized carbons (Fsp3) is 0.356. The molecule has 74 heavy (non-hydrogen) atoms. The van der Waals surface area contributed by atoms with Gasteiger partial charge in [-0.25, -0.2) is 9.69 Å². The highest BCUT2D eigenvalue weighted by molar-refractivity contribution is 6.23. The largest absolute Gasteiger partial charge is 0.491 e. The third kappa shape index (κ3) is 8.95. The van der Waals surface area contributed by atoms with Crippen LogP contribution in [-0.2, 0) is 40.6 Å². The van der Waals surface area contributed by atoms with Crippen molar-refractivity contribution >= 4 is 29.6 Å². The van der Waals surface area contributed by atoms with Gasteiger partial charge in [0.1, 0.15) is 36.5 Å². The number of hydrogen-bond donors (Lipinski definition) is 1. The van der Waals surface area contributed by atoms with Crippen molar-refractivity contribution in [1.82, 2.24) is 14.7 Å². The van der Waals surface area contributed by atoms with Gasteiger partial charge in [0.2, 0.25) is 18.6 Å². The van der Waals surface area contributed by atoms with E-state index >= 15 is 14.4 Å². The molecule has 6 aliphatic rings. The van der Waals surface area contributed by atoms with Crippen molar-refractivity contribution in [2.24, 2.45) is 5.92 Å². The molecule has 380 valence electrons. The van der Waals surface area contributed by atoms with Gasteiger partial charge in [-0.15, -0.1) is 0 Å². The van der Waals surface area contributed by atoms with E-state index in [1.807, 2.05) is 102 Å². The highest BCUT2D eigenvalue weighted by atomic mass is 16.7. The lowest BCUT2D eigenvalue weighted by molar-refractivity contribution is -0.179. The number of carbonyl (C=O) groups excluding carboxylic acids is 4. The molecular weight excluding hydrogens is 941 g/mol. The monoisotopic (exact) mass is 998 g/mol. The molecule has 5 heterocycles. The Kier molecular flexibility index (Phi) is 13.9. The second-order valence-corrected chi connectivity index (χ2v) is 19.4. The maximum Gasteiger partial charge on any atom is 0.421 e. The predicted octanol–water partition coefficient (Wildman–Crippen LogP) is 7.43. The Morgan fingerprint density at radius 2 is 1.53 bits per heavy atom. The van der Waals surface area contributed by atoms with Gasteiger partial charge < -0.3 is 38.4 Å². The number of esters is 1.